The Morgan fingerprint density at radius 1 is 0.354 bits per heavy atom. The lowest BCUT2D eigenvalue weighted by atomic mass is 9.95. The van der Waals surface area contributed by atoms with Gasteiger partial charge in [-0.1, -0.05) is 140 Å². The van der Waals surface area contributed by atoms with Crippen LogP contribution in [0.1, 0.15) is 0 Å². The Morgan fingerprint density at radius 3 is 1.42 bits per heavy atom. The predicted molar refractivity (Wildman–Crippen MR) is 208 cm³/mol. The maximum Gasteiger partial charge on any atom is 0.0468 e. The Morgan fingerprint density at radius 2 is 0.833 bits per heavy atom. The van der Waals surface area contributed by atoms with E-state index < -0.39 is 0 Å². The number of hydrogen-bond acceptors (Lipinski definition) is 2. The third-order valence-electron chi connectivity index (χ3n) is 9.25. The fraction of sp³-hybridized carbons (Fsp3) is 0. The summed E-state index contributed by atoms with van der Waals surface area (Å²) < 4.78 is 2.66. The van der Waals surface area contributed by atoms with Crippen LogP contribution >= 0.6 is 11.3 Å². The highest BCUT2D eigenvalue weighted by atomic mass is 32.1. The second-order valence-electron chi connectivity index (χ2n) is 12.2. The van der Waals surface area contributed by atoms with Gasteiger partial charge in [0, 0.05) is 37.2 Å². The number of anilines is 3. The quantitative estimate of drug-likeness (QED) is 0.177. The van der Waals surface area contributed by atoms with Gasteiger partial charge in [0.25, 0.3) is 0 Å². The molecule has 1 aromatic heterocycles. The molecule has 48 heavy (non-hydrogen) atoms. The summed E-state index contributed by atoms with van der Waals surface area (Å²) in [4.78, 5) is 2.38. The average Bonchev–Trinajstić information content (AvgIpc) is 3.56. The van der Waals surface area contributed by atoms with Crippen molar-refractivity contribution in [2.45, 2.75) is 0 Å². The Bertz CT molecular complexity index is 2430. The third-order valence-corrected chi connectivity index (χ3v) is 10.5. The van der Waals surface area contributed by atoms with Gasteiger partial charge in [-0.15, -0.1) is 11.3 Å². The van der Waals surface area contributed by atoms with Crippen LogP contribution in [0.2, 0.25) is 0 Å². The fourth-order valence-electron chi connectivity index (χ4n) is 6.91. The molecule has 0 radical (unpaired) electrons. The summed E-state index contributed by atoms with van der Waals surface area (Å²) in [6.45, 7) is 0. The maximum atomic E-state index is 2.39. The largest absolute Gasteiger partial charge is 0.310 e. The molecule has 0 atom stereocenters. The Labute approximate surface area is 284 Å². The molecule has 226 valence electrons. The second-order valence-corrected chi connectivity index (χ2v) is 13.2. The monoisotopic (exact) mass is 629 g/mol. The first-order valence-electron chi connectivity index (χ1n) is 16.3. The fourth-order valence-corrected chi connectivity index (χ4v) is 8.17. The molecule has 0 unspecified atom stereocenters. The first kappa shape index (κ1) is 28.3. The summed E-state index contributed by atoms with van der Waals surface area (Å²) in [7, 11) is 0. The highest BCUT2D eigenvalue weighted by Gasteiger charge is 2.18. The first-order chi connectivity index (χ1) is 23.8. The third kappa shape index (κ3) is 5.04. The van der Waals surface area contributed by atoms with Crippen LogP contribution in [0.3, 0.4) is 0 Å². The average molecular weight is 630 g/mol. The SMILES string of the molecule is c1ccc(-c2ccc(N(c3ccc(-c4ccccc4)cc3)c3ccc4c(c3)cc(-c3ccccc3)c3c5ccccc5sc43)cc2)cc1. The molecule has 0 aliphatic heterocycles. The minimum absolute atomic E-state index is 1.12. The zero-order valence-electron chi connectivity index (χ0n) is 26.3. The molecule has 0 amide bonds. The van der Waals surface area contributed by atoms with Gasteiger partial charge in [-0.3, -0.25) is 0 Å². The molecule has 0 spiro atoms. The van der Waals surface area contributed by atoms with Crippen molar-refractivity contribution in [3.05, 3.63) is 188 Å². The van der Waals surface area contributed by atoms with Crippen LogP contribution in [0, 0.1) is 0 Å². The van der Waals surface area contributed by atoms with Crippen molar-refractivity contribution in [2.75, 3.05) is 4.90 Å². The number of nitrogens with zero attached hydrogens (tertiary/aromatic N) is 1. The van der Waals surface area contributed by atoms with Gasteiger partial charge >= 0.3 is 0 Å². The van der Waals surface area contributed by atoms with E-state index in [0.29, 0.717) is 0 Å². The van der Waals surface area contributed by atoms with E-state index in [4.69, 9.17) is 0 Å². The van der Waals surface area contributed by atoms with E-state index in [1.165, 1.54) is 64.3 Å². The van der Waals surface area contributed by atoms with E-state index in [-0.39, 0.29) is 0 Å². The molecular weight excluding hydrogens is 599 g/mol. The van der Waals surface area contributed by atoms with Gasteiger partial charge in [-0.2, -0.15) is 0 Å². The van der Waals surface area contributed by atoms with Crippen molar-refractivity contribution in [1.29, 1.82) is 0 Å². The van der Waals surface area contributed by atoms with Gasteiger partial charge < -0.3 is 4.90 Å². The van der Waals surface area contributed by atoms with Crippen LogP contribution in [0.25, 0.3) is 64.3 Å². The molecule has 0 aliphatic rings. The van der Waals surface area contributed by atoms with Gasteiger partial charge in [-0.05, 0) is 92.7 Å². The van der Waals surface area contributed by atoms with Gasteiger partial charge in [-0.25, -0.2) is 0 Å². The van der Waals surface area contributed by atoms with Crippen LogP contribution in [-0.4, -0.2) is 0 Å². The zero-order valence-corrected chi connectivity index (χ0v) is 27.1. The van der Waals surface area contributed by atoms with Gasteiger partial charge in [0.1, 0.15) is 0 Å². The second kappa shape index (κ2) is 12.0. The molecule has 0 N–H and O–H groups in total. The van der Waals surface area contributed by atoms with E-state index >= 15 is 0 Å². The minimum Gasteiger partial charge on any atom is -0.310 e. The smallest absolute Gasteiger partial charge is 0.0468 e. The highest BCUT2D eigenvalue weighted by Crippen LogP contribution is 2.46. The van der Waals surface area contributed by atoms with Crippen LogP contribution in [0.5, 0.6) is 0 Å². The summed E-state index contributed by atoms with van der Waals surface area (Å²) in [5.41, 5.74) is 10.7. The summed E-state index contributed by atoms with van der Waals surface area (Å²) in [5.74, 6) is 0. The van der Waals surface area contributed by atoms with Crippen molar-refractivity contribution >= 4 is 59.3 Å². The summed E-state index contributed by atoms with van der Waals surface area (Å²) in [6.07, 6.45) is 0. The lowest BCUT2D eigenvalue weighted by Crippen LogP contribution is -2.09. The zero-order chi connectivity index (χ0) is 31.9. The van der Waals surface area contributed by atoms with E-state index in [1.54, 1.807) is 0 Å². The number of hydrogen-bond donors (Lipinski definition) is 0. The Balaban J connectivity index is 1.23. The topological polar surface area (TPSA) is 3.24 Å². The number of thiophene rings is 1. The van der Waals surface area contributed by atoms with Crippen molar-refractivity contribution < 1.29 is 0 Å². The standard InChI is InChI=1S/C46H31NS/c1-4-12-32(13-5-1)34-20-24-38(25-21-34)47(39-26-22-35(23-27-39)33-14-6-2-7-15-33)40-28-29-41-37(30-40)31-43(36-16-8-3-9-17-36)45-42-18-10-11-19-44(42)48-46(41)45/h1-31H. The van der Waals surface area contributed by atoms with Crippen LogP contribution in [-0.2, 0) is 0 Å². The summed E-state index contributed by atoms with van der Waals surface area (Å²) in [5, 5.41) is 5.18. The highest BCUT2D eigenvalue weighted by molar-refractivity contribution is 7.26. The molecule has 0 saturated heterocycles. The Hall–Kier alpha value is -5.96. The van der Waals surface area contributed by atoms with Crippen molar-refractivity contribution in [3.63, 3.8) is 0 Å². The van der Waals surface area contributed by atoms with E-state index in [9.17, 15) is 0 Å². The van der Waals surface area contributed by atoms with Crippen LogP contribution in [0.4, 0.5) is 17.1 Å². The van der Waals surface area contributed by atoms with E-state index in [2.05, 4.69) is 193 Å². The number of fused-ring (bicyclic) bond motifs is 5. The lowest BCUT2D eigenvalue weighted by Gasteiger charge is -2.26. The van der Waals surface area contributed by atoms with E-state index in [0.717, 1.165) is 17.1 Å². The normalized spacial score (nSPS) is 11.3. The number of benzene rings is 8. The lowest BCUT2D eigenvalue weighted by molar-refractivity contribution is 1.29. The molecule has 1 nitrogen and oxygen atoms in total. The molecule has 8 aromatic carbocycles. The predicted octanol–water partition coefficient (Wildman–Crippen LogP) is 13.7. The van der Waals surface area contributed by atoms with Crippen molar-refractivity contribution in [3.8, 4) is 33.4 Å². The molecule has 0 saturated carbocycles. The molecule has 0 bridgehead atoms. The van der Waals surface area contributed by atoms with Crippen LogP contribution in [0.15, 0.2) is 188 Å². The maximum absolute atomic E-state index is 2.39. The van der Waals surface area contributed by atoms with Crippen LogP contribution < -0.4 is 4.90 Å². The number of rotatable bonds is 6. The molecule has 0 fully saturated rings. The van der Waals surface area contributed by atoms with Gasteiger partial charge in [0.05, 0.1) is 0 Å². The van der Waals surface area contributed by atoms with E-state index in [1.807, 2.05) is 11.3 Å². The van der Waals surface area contributed by atoms with Gasteiger partial charge in [0.15, 0.2) is 0 Å². The summed E-state index contributed by atoms with van der Waals surface area (Å²) >= 11 is 1.89. The van der Waals surface area contributed by atoms with Gasteiger partial charge in [0.2, 0.25) is 0 Å². The molecule has 0 aliphatic carbocycles. The molecule has 2 heteroatoms. The molecule has 9 rings (SSSR count). The molecular formula is C46H31NS. The van der Waals surface area contributed by atoms with Crippen molar-refractivity contribution in [1.82, 2.24) is 0 Å². The molecule has 9 aromatic rings. The minimum atomic E-state index is 1.12. The summed E-state index contributed by atoms with van der Waals surface area (Å²) in [6, 6.07) is 68.0. The Kier molecular flexibility index (Phi) is 7.07. The van der Waals surface area contributed by atoms with Crippen molar-refractivity contribution in [2.24, 2.45) is 0 Å². The first-order valence-corrected chi connectivity index (χ1v) is 17.2. The molecule has 1 heterocycles.